The molecule has 1 aromatic heterocycles. The van der Waals surface area contributed by atoms with Gasteiger partial charge in [0.2, 0.25) is 0 Å². The second kappa shape index (κ2) is 4.60. The number of nitrogens with zero attached hydrogens (tertiary/aromatic N) is 2. The monoisotopic (exact) mass is 225 g/mol. The van der Waals surface area contributed by atoms with Crippen molar-refractivity contribution >= 4 is 11.3 Å². The van der Waals surface area contributed by atoms with Gasteiger partial charge in [0.25, 0.3) is 0 Å². The van der Waals surface area contributed by atoms with Gasteiger partial charge >= 0.3 is 0 Å². The summed E-state index contributed by atoms with van der Waals surface area (Å²) in [7, 11) is 2.14. The third-order valence-corrected chi connectivity index (χ3v) is 3.89. The van der Waals surface area contributed by atoms with Gasteiger partial charge in [-0.05, 0) is 39.3 Å². The molecule has 0 amide bonds. The molecule has 0 aromatic carbocycles. The van der Waals surface area contributed by atoms with Crippen molar-refractivity contribution in [1.29, 1.82) is 0 Å². The zero-order valence-corrected chi connectivity index (χ0v) is 10.1. The van der Waals surface area contributed by atoms with Gasteiger partial charge in [-0.2, -0.15) is 0 Å². The van der Waals surface area contributed by atoms with Crippen LogP contribution in [0, 0.1) is 0 Å². The number of thiazole rings is 1. The molecule has 0 aliphatic heterocycles. The number of aromatic nitrogens is 1. The van der Waals surface area contributed by atoms with E-state index in [2.05, 4.69) is 22.3 Å². The van der Waals surface area contributed by atoms with E-state index in [0.717, 1.165) is 19.5 Å². The predicted octanol–water partition coefficient (Wildman–Crippen LogP) is 1.85. The fourth-order valence-corrected chi connectivity index (χ4v) is 2.52. The Morgan fingerprint density at radius 3 is 2.93 bits per heavy atom. The van der Waals surface area contributed by atoms with Gasteiger partial charge in [0.05, 0.1) is 11.2 Å². The molecule has 1 aliphatic rings. The van der Waals surface area contributed by atoms with Crippen LogP contribution in [-0.2, 0) is 6.54 Å². The fraction of sp³-hybridized carbons (Fsp3) is 0.727. The molecule has 0 atom stereocenters. The highest BCUT2D eigenvalue weighted by Gasteiger charge is 2.31. The first-order valence-electron chi connectivity index (χ1n) is 5.52. The quantitative estimate of drug-likeness (QED) is 0.831. The molecule has 0 bridgehead atoms. The van der Waals surface area contributed by atoms with E-state index in [0.29, 0.717) is 0 Å². The van der Waals surface area contributed by atoms with E-state index in [1.807, 2.05) is 5.51 Å². The summed E-state index contributed by atoms with van der Waals surface area (Å²) in [4.78, 5) is 6.59. The van der Waals surface area contributed by atoms with Crippen LogP contribution in [-0.4, -0.2) is 29.0 Å². The average molecular weight is 225 g/mol. The average Bonchev–Trinajstić information content (AvgIpc) is 2.64. The number of hydrogen-bond donors (Lipinski definition) is 1. The Hall–Kier alpha value is -0.450. The zero-order valence-electron chi connectivity index (χ0n) is 9.28. The van der Waals surface area contributed by atoms with E-state index in [9.17, 15) is 0 Å². The van der Waals surface area contributed by atoms with Crippen LogP contribution in [0.15, 0.2) is 10.9 Å². The smallest absolute Gasteiger partial charge is 0.0795 e. The van der Waals surface area contributed by atoms with Gasteiger partial charge in [0, 0.05) is 17.5 Å². The molecular weight excluding hydrogens is 206 g/mol. The molecule has 1 aromatic rings. The molecule has 1 saturated carbocycles. The second-order valence-corrected chi connectivity index (χ2v) is 5.40. The molecule has 4 heteroatoms. The van der Waals surface area contributed by atoms with E-state index in [1.165, 1.54) is 25.0 Å². The lowest BCUT2D eigenvalue weighted by molar-refractivity contribution is 0.193. The summed E-state index contributed by atoms with van der Waals surface area (Å²) in [5.41, 5.74) is 9.39. The van der Waals surface area contributed by atoms with Crippen LogP contribution in [0.2, 0.25) is 0 Å². The lowest BCUT2D eigenvalue weighted by Crippen LogP contribution is -2.48. The van der Waals surface area contributed by atoms with Gasteiger partial charge in [0.1, 0.15) is 0 Å². The van der Waals surface area contributed by atoms with Crippen molar-refractivity contribution in [2.24, 2.45) is 5.73 Å². The minimum Gasteiger partial charge on any atom is -0.325 e. The molecule has 15 heavy (non-hydrogen) atoms. The zero-order chi connectivity index (χ0) is 10.7. The molecule has 1 heterocycles. The number of rotatable bonds is 5. The van der Waals surface area contributed by atoms with Crippen molar-refractivity contribution in [3.05, 3.63) is 16.6 Å². The Kier molecular flexibility index (Phi) is 3.38. The van der Waals surface area contributed by atoms with Crippen LogP contribution in [0.4, 0.5) is 0 Å². The van der Waals surface area contributed by atoms with Crippen LogP contribution in [0.3, 0.4) is 0 Å². The number of hydrogen-bond acceptors (Lipinski definition) is 4. The molecule has 84 valence electrons. The van der Waals surface area contributed by atoms with Gasteiger partial charge in [-0.15, -0.1) is 11.3 Å². The highest BCUT2D eigenvalue weighted by molar-refractivity contribution is 7.07. The topological polar surface area (TPSA) is 42.1 Å². The molecule has 0 radical (unpaired) electrons. The minimum atomic E-state index is 0.149. The molecule has 2 rings (SSSR count). The summed E-state index contributed by atoms with van der Waals surface area (Å²) >= 11 is 1.66. The van der Waals surface area contributed by atoms with E-state index < -0.39 is 0 Å². The summed E-state index contributed by atoms with van der Waals surface area (Å²) in [6.07, 6.45) is 4.84. The van der Waals surface area contributed by atoms with Gasteiger partial charge < -0.3 is 10.6 Å². The lowest BCUT2D eigenvalue weighted by atomic mass is 9.75. The lowest BCUT2D eigenvalue weighted by Gasteiger charge is -2.39. The van der Waals surface area contributed by atoms with E-state index in [-0.39, 0.29) is 5.54 Å². The maximum absolute atomic E-state index is 6.18. The molecule has 0 spiro atoms. The molecule has 1 aliphatic carbocycles. The summed E-state index contributed by atoms with van der Waals surface area (Å²) in [5.74, 6) is 0. The molecule has 3 nitrogen and oxygen atoms in total. The van der Waals surface area contributed by atoms with Crippen LogP contribution in [0.5, 0.6) is 0 Å². The third-order valence-electron chi connectivity index (χ3n) is 3.26. The molecule has 0 saturated heterocycles. The summed E-state index contributed by atoms with van der Waals surface area (Å²) in [6.45, 7) is 2.02. The molecule has 0 unspecified atom stereocenters. The highest BCUT2D eigenvalue weighted by Crippen LogP contribution is 2.32. The van der Waals surface area contributed by atoms with E-state index in [4.69, 9.17) is 5.73 Å². The Balaban J connectivity index is 1.70. The largest absolute Gasteiger partial charge is 0.325 e. The van der Waals surface area contributed by atoms with Crippen molar-refractivity contribution < 1.29 is 0 Å². The van der Waals surface area contributed by atoms with Crippen molar-refractivity contribution in [3.63, 3.8) is 0 Å². The van der Waals surface area contributed by atoms with Gasteiger partial charge in [-0.1, -0.05) is 0 Å². The van der Waals surface area contributed by atoms with Gasteiger partial charge in [-0.25, -0.2) is 4.98 Å². The SMILES string of the molecule is CN(CCC1(N)CCC1)Cc1cscn1. The first-order chi connectivity index (χ1) is 7.18. The molecular formula is C11H19N3S. The van der Waals surface area contributed by atoms with E-state index in [1.54, 1.807) is 11.3 Å². The summed E-state index contributed by atoms with van der Waals surface area (Å²) < 4.78 is 0. The van der Waals surface area contributed by atoms with Crippen molar-refractivity contribution in [1.82, 2.24) is 9.88 Å². The molecule has 2 N–H and O–H groups in total. The Bertz CT molecular complexity index is 293. The Morgan fingerprint density at radius 1 is 1.60 bits per heavy atom. The second-order valence-electron chi connectivity index (χ2n) is 4.68. The van der Waals surface area contributed by atoms with Crippen molar-refractivity contribution in [3.8, 4) is 0 Å². The fourth-order valence-electron chi connectivity index (χ4n) is 1.97. The van der Waals surface area contributed by atoms with Gasteiger partial charge in [-0.3, -0.25) is 0 Å². The standard InChI is InChI=1S/C11H19N3S/c1-14(7-10-8-15-9-13-10)6-5-11(12)3-2-4-11/h8-9H,2-7,12H2,1H3. The van der Waals surface area contributed by atoms with E-state index >= 15 is 0 Å². The van der Waals surface area contributed by atoms with Crippen molar-refractivity contribution in [2.75, 3.05) is 13.6 Å². The van der Waals surface area contributed by atoms with Gasteiger partial charge in [0.15, 0.2) is 0 Å². The van der Waals surface area contributed by atoms with Crippen LogP contribution in [0.1, 0.15) is 31.4 Å². The highest BCUT2D eigenvalue weighted by atomic mass is 32.1. The van der Waals surface area contributed by atoms with Crippen molar-refractivity contribution in [2.45, 2.75) is 37.8 Å². The number of nitrogens with two attached hydrogens (primary N) is 1. The molecule has 1 fully saturated rings. The first-order valence-corrected chi connectivity index (χ1v) is 6.47. The summed E-state index contributed by atoms with van der Waals surface area (Å²) in [5, 5.41) is 2.11. The predicted molar refractivity (Wildman–Crippen MR) is 63.8 cm³/mol. The Labute approximate surface area is 95.3 Å². The van der Waals surface area contributed by atoms with Crippen LogP contribution < -0.4 is 5.73 Å². The maximum Gasteiger partial charge on any atom is 0.0795 e. The van der Waals surface area contributed by atoms with Crippen LogP contribution in [0.25, 0.3) is 0 Å². The minimum absolute atomic E-state index is 0.149. The third kappa shape index (κ3) is 3.00. The maximum atomic E-state index is 6.18. The summed E-state index contributed by atoms with van der Waals surface area (Å²) in [6, 6.07) is 0. The normalized spacial score (nSPS) is 19.1. The Morgan fingerprint density at radius 2 is 2.40 bits per heavy atom. The van der Waals surface area contributed by atoms with Crippen LogP contribution >= 0.6 is 11.3 Å². The first kappa shape index (κ1) is 11.0.